The van der Waals surface area contributed by atoms with Gasteiger partial charge in [0.1, 0.15) is 4.88 Å². The van der Waals surface area contributed by atoms with Crippen molar-refractivity contribution in [2.24, 2.45) is 5.73 Å². The van der Waals surface area contributed by atoms with Gasteiger partial charge in [0.15, 0.2) is 11.6 Å². The summed E-state index contributed by atoms with van der Waals surface area (Å²) in [6.07, 6.45) is 4.61. The fraction of sp³-hybridized carbons (Fsp3) is 0.353. The number of fused-ring (bicyclic) bond motifs is 1. The number of carboxylic acid groups (broad SMARTS) is 1. The molecule has 0 saturated heterocycles. The van der Waals surface area contributed by atoms with Gasteiger partial charge in [-0.25, -0.2) is 14.3 Å². The van der Waals surface area contributed by atoms with Crippen LogP contribution in [0, 0.1) is 5.82 Å². The summed E-state index contributed by atoms with van der Waals surface area (Å²) in [6, 6.07) is 2.98. The van der Waals surface area contributed by atoms with Crippen LogP contribution in [-0.4, -0.2) is 50.0 Å². The number of nitrogens with one attached hydrogen (secondary N) is 1. The van der Waals surface area contributed by atoms with Crippen LogP contribution in [0.25, 0.3) is 10.1 Å². The van der Waals surface area contributed by atoms with Crippen LogP contribution in [0.2, 0.25) is 0 Å². The highest BCUT2D eigenvalue weighted by Crippen LogP contribution is 2.45. The Bertz CT molecular complexity index is 1020. The number of carbonyl (C=O) groups is 2. The van der Waals surface area contributed by atoms with Crippen molar-refractivity contribution >= 4 is 45.1 Å². The minimum atomic E-state index is -0.948. The summed E-state index contributed by atoms with van der Waals surface area (Å²) in [5.74, 6) is -1.93. The molecule has 0 aliphatic heterocycles. The van der Waals surface area contributed by atoms with Crippen LogP contribution in [0.1, 0.15) is 46.0 Å². The molecule has 0 radical (unpaired) electrons. The number of thioether (sulfide) groups is 1. The van der Waals surface area contributed by atoms with Crippen LogP contribution in [0.5, 0.6) is 5.75 Å². The highest BCUT2D eigenvalue weighted by atomic mass is 32.2. The number of aromatic amines is 1. The number of nitrogens with zero attached hydrogens (tertiary/aromatic N) is 3. The molecule has 1 saturated carbocycles. The minimum absolute atomic E-state index is 0.0231. The molecule has 0 atom stereocenters. The number of tetrazole rings is 1. The lowest BCUT2D eigenvalue weighted by molar-refractivity contribution is 0.0698. The van der Waals surface area contributed by atoms with Crippen LogP contribution in [0.4, 0.5) is 4.39 Å². The molecule has 154 valence electrons. The molecule has 1 fully saturated rings. The third-order valence-electron chi connectivity index (χ3n) is 4.28. The van der Waals surface area contributed by atoms with Gasteiger partial charge in [-0.15, -0.1) is 28.2 Å². The Labute approximate surface area is 172 Å². The van der Waals surface area contributed by atoms with Crippen molar-refractivity contribution in [1.29, 1.82) is 0 Å². The average molecular weight is 439 g/mol. The summed E-state index contributed by atoms with van der Waals surface area (Å²) >= 11 is 2.75. The number of H-pyrrole nitrogens is 1. The summed E-state index contributed by atoms with van der Waals surface area (Å²) in [4.78, 5) is 22.6. The van der Waals surface area contributed by atoms with E-state index in [1.165, 1.54) is 26.0 Å². The van der Waals surface area contributed by atoms with Gasteiger partial charge in [-0.3, -0.25) is 4.79 Å². The molecule has 29 heavy (non-hydrogen) atoms. The van der Waals surface area contributed by atoms with Crippen LogP contribution in [-0.2, 0) is 0 Å². The van der Waals surface area contributed by atoms with E-state index in [0.717, 1.165) is 34.5 Å². The summed E-state index contributed by atoms with van der Waals surface area (Å²) < 4.78 is 19.5. The summed E-state index contributed by atoms with van der Waals surface area (Å²) in [5, 5.41) is 22.3. The van der Waals surface area contributed by atoms with E-state index in [0.29, 0.717) is 14.8 Å². The first-order chi connectivity index (χ1) is 13.9. The van der Waals surface area contributed by atoms with Gasteiger partial charge >= 0.3 is 5.97 Å². The number of hydrogen-bond donors (Lipinski definition) is 3. The maximum absolute atomic E-state index is 13.8. The molecule has 0 bridgehead atoms. The molecule has 0 unspecified atom stereocenters. The lowest BCUT2D eigenvalue weighted by atomic mass is 10.2. The van der Waals surface area contributed by atoms with Crippen molar-refractivity contribution in [2.45, 2.75) is 35.8 Å². The Balaban J connectivity index is 0.000000252. The normalized spacial score (nSPS) is 13.9. The highest BCUT2D eigenvalue weighted by Gasteiger charge is 2.25. The number of aromatic nitrogens is 4. The van der Waals surface area contributed by atoms with E-state index >= 15 is 0 Å². The molecular weight excluding hydrogens is 421 g/mol. The third-order valence-corrected chi connectivity index (χ3v) is 7.01. The molecule has 4 rings (SSSR count). The Morgan fingerprint density at radius 3 is 2.62 bits per heavy atom. The smallest absolute Gasteiger partial charge is 0.347 e. The molecule has 12 heteroatoms. The number of hydrogen-bond acceptors (Lipinski definition) is 8. The van der Waals surface area contributed by atoms with Gasteiger partial charge in [-0.2, -0.15) is 0 Å². The molecule has 4 N–H and O–H groups in total. The Hall–Kier alpha value is -2.73. The van der Waals surface area contributed by atoms with Gasteiger partial charge in [-0.05, 0) is 35.4 Å². The van der Waals surface area contributed by atoms with Crippen molar-refractivity contribution in [2.75, 3.05) is 7.11 Å². The quantitative estimate of drug-likeness (QED) is 0.550. The Kier molecular flexibility index (Phi) is 6.64. The topological polar surface area (TPSA) is 144 Å². The molecule has 3 aromatic rings. The number of benzene rings is 1. The standard InChI is InChI=1S/C15H15FO3S2.C2H3N5O/c1-19-11-6-9-12(7-10(11)16)21-14(15(17)18)13(9)20-8-4-2-3-5-8;3-1(8)2-4-6-7-5-2/h6-8H,2-5H2,1H3,(H,17,18);(H2,3,8)(H,4,5,6,7). The van der Waals surface area contributed by atoms with E-state index in [-0.39, 0.29) is 11.6 Å². The lowest BCUT2D eigenvalue weighted by Crippen LogP contribution is -2.12. The molecule has 1 amide bonds. The number of halogens is 1. The van der Waals surface area contributed by atoms with Crippen LogP contribution >= 0.6 is 23.1 Å². The van der Waals surface area contributed by atoms with Gasteiger partial charge in [-0.1, -0.05) is 12.8 Å². The number of ether oxygens (including phenoxy) is 1. The number of carboxylic acids is 1. The van der Waals surface area contributed by atoms with Crippen molar-refractivity contribution in [3.63, 3.8) is 0 Å². The Morgan fingerprint density at radius 2 is 2.10 bits per heavy atom. The van der Waals surface area contributed by atoms with E-state index in [1.54, 1.807) is 17.8 Å². The zero-order valence-electron chi connectivity index (χ0n) is 15.3. The van der Waals surface area contributed by atoms with E-state index in [2.05, 4.69) is 20.6 Å². The van der Waals surface area contributed by atoms with Crippen LogP contribution in [0.15, 0.2) is 17.0 Å². The molecule has 9 nitrogen and oxygen atoms in total. The third kappa shape index (κ3) is 4.82. The molecule has 1 aliphatic carbocycles. The first-order valence-electron chi connectivity index (χ1n) is 8.64. The van der Waals surface area contributed by atoms with Crippen LogP contribution in [0.3, 0.4) is 0 Å². The fourth-order valence-electron chi connectivity index (χ4n) is 2.93. The number of carbonyl (C=O) groups excluding carboxylic acids is 1. The van der Waals surface area contributed by atoms with Crippen LogP contribution < -0.4 is 10.5 Å². The number of amides is 1. The van der Waals surface area contributed by atoms with Gasteiger partial charge in [0.25, 0.3) is 5.91 Å². The van der Waals surface area contributed by atoms with Crippen molar-refractivity contribution in [1.82, 2.24) is 20.6 Å². The number of nitrogens with two attached hydrogens (primary N) is 1. The molecule has 1 aromatic carbocycles. The second kappa shape index (κ2) is 9.18. The summed E-state index contributed by atoms with van der Waals surface area (Å²) in [7, 11) is 1.42. The molecule has 2 heterocycles. The number of rotatable bonds is 5. The van der Waals surface area contributed by atoms with Gasteiger partial charge in [0.2, 0.25) is 5.82 Å². The average Bonchev–Trinajstić information content (AvgIpc) is 3.43. The maximum Gasteiger partial charge on any atom is 0.347 e. The summed E-state index contributed by atoms with van der Waals surface area (Å²) in [5.41, 5.74) is 4.75. The largest absolute Gasteiger partial charge is 0.494 e. The first kappa shape index (κ1) is 21.0. The Morgan fingerprint density at radius 1 is 1.38 bits per heavy atom. The van der Waals surface area contributed by atoms with Crippen molar-refractivity contribution < 1.29 is 23.8 Å². The first-order valence-corrected chi connectivity index (χ1v) is 10.3. The SMILES string of the molecule is COc1cc2c(SC3CCCC3)c(C(=O)O)sc2cc1F.NC(=O)c1nnn[nH]1. The highest BCUT2D eigenvalue weighted by molar-refractivity contribution is 8.00. The van der Waals surface area contributed by atoms with E-state index in [4.69, 9.17) is 10.5 Å². The van der Waals surface area contributed by atoms with Crippen molar-refractivity contribution in [3.8, 4) is 5.75 Å². The second-order valence-corrected chi connectivity index (χ2v) is 8.55. The predicted molar refractivity (Wildman–Crippen MR) is 106 cm³/mol. The zero-order chi connectivity index (χ0) is 21.0. The van der Waals surface area contributed by atoms with Gasteiger partial charge < -0.3 is 15.6 Å². The van der Waals surface area contributed by atoms with Gasteiger partial charge in [0, 0.05) is 20.2 Å². The molecule has 1 aliphatic rings. The van der Waals surface area contributed by atoms with Gasteiger partial charge in [0.05, 0.1) is 7.11 Å². The number of thiophene rings is 1. The lowest BCUT2D eigenvalue weighted by Gasteiger charge is -2.09. The predicted octanol–water partition coefficient (Wildman–Crippen LogP) is 3.08. The molecule has 2 aromatic heterocycles. The zero-order valence-corrected chi connectivity index (χ0v) is 17.0. The van der Waals surface area contributed by atoms with E-state index in [9.17, 15) is 19.1 Å². The monoisotopic (exact) mass is 439 g/mol. The van der Waals surface area contributed by atoms with E-state index < -0.39 is 17.7 Å². The van der Waals surface area contributed by atoms with E-state index in [1.807, 2.05) is 0 Å². The number of methoxy groups -OCH3 is 1. The summed E-state index contributed by atoms with van der Waals surface area (Å²) in [6.45, 7) is 0. The second-order valence-electron chi connectivity index (χ2n) is 6.19. The number of primary amides is 1. The number of aromatic carboxylic acids is 1. The maximum atomic E-state index is 13.8. The molecular formula is C17H18FN5O4S2. The fourth-order valence-corrected chi connectivity index (χ4v) is 5.60. The molecule has 0 spiro atoms. The van der Waals surface area contributed by atoms with Crippen molar-refractivity contribution in [3.05, 3.63) is 28.7 Å². The minimum Gasteiger partial charge on any atom is -0.494 e.